The Labute approximate surface area is 91.8 Å². The van der Waals surface area contributed by atoms with Crippen LogP contribution in [0.15, 0.2) is 43.0 Å². The molecule has 0 heterocycles. The Morgan fingerprint density at radius 1 is 1.27 bits per heavy atom. The van der Waals surface area contributed by atoms with Crippen molar-refractivity contribution in [1.29, 1.82) is 0 Å². The van der Waals surface area contributed by atoms with E-state index in [1.54, 1.807) is 6.08 Å². The van der Waals surface area contributed by atoms with E-state index >= 15 is 0 Å². The van der Waals surface area contributed by atoms with Gasteiger partial charge in [-0.05, 0) is 5.56 Å². The predicted molar refractivity (Wildman–Crippen MR) is 63.8 cm³/mol. The number of carbonyl (C=O) groups is 1. The second-order valence-electron chi connectivity index (χ2n) is 4.74. The summed E-state index contributed by atoms with van der Waals surface area (Å²) in [6.07, 6.45) is 1.73. The molecule has 0 aliphatic heterocycles. The largest absolute Gasteiger partial charge is 0.298 e. The molecule has 1 heteroatoms. The third-order valence-electron chi connectivity index (χ3n) is 2.42. The maximum Gasteiger partial charge on any atom is 0.149 e. The second kappa shape index (κ2) is 4.43. The molecule has 0 aliphatic carbocycles. The lowest BCUT2D eigenvalue weighted by atomic mass is 9.80. The SMILES string of the molecule is C=CC(C(=O)C(C)(C)C)c1ccccc1. The second-order valence-corrected chi connectivity index (χ2v) is 4.74. The highest BCUT2D eigenvalue weighted by Gasteiger charge is 2.28. The van der Waals surface area contributed by atoms with E-state index in [4.69, 9.17) is 0 Å². The highest BCUT2D eigenvalue weighted by Crippen LogP contribution is 2.27. The van der Waals surface area contributed by atoms with Crippen molar-refractivity contribution in [3.05, 3.63) is 48.6 Å². The average molecular weight is 202 g/mol. The van der Waals surface area contributed by atoms with E-state index in [0.717, 1.165) is 5.56 Å². The Kier molecular flexibility index (Phi) is 3.46. The van der Waals surface area contributed by atoms with E-state index in [1.165, 1.54) is 0 Å². The first-order valence-electron chi connectivity index (χ1n) is 5.18. The molecule has 0 saturated heterocycles. The lowest BCUT2D eigenvalue weighted by Crippen LogP contribution is -2.25. The van der Waals surface area contributed by atoms with Crippen LogP contribution in [0.25, 0.3) is 0 Å². The van der Waals surface area contributed by atoms with E-state index in [0.29, 0.717) is 0 Å². The normalized spacial score (nSPS) is 13.3. The minimum absolute atomic E-state index is 0.189. The van der Waals surface area contributed by atoms with Gasteiger partial charge in [0.25, 0.3) is 0 Å². The van der Waals surface area contributed by atoms with Crippen LogP contribution < -0.4 is 0 Å². The summed E-state index contributed by atoms with van der Waals surface area (Å²) in [6.45, 7) is 9.57. The molecular formula is C14H18O. The van der Waals surface area contributed by atoms with Gasteiger partial charge in [-0.3, -0.25) is 4.79 Å². The summed E-state index contributed by atoms with van der Waals surface area (Å²) in [4.78, 5) is 12.1. The summed E-state index contributed by atoms with van der Waals surface area (Å²) < 4.78 is 0. The number of hydrogen-bond acceptors (Lipinski definition) is 1. The summed E-state index contributed by atoms with van der Waals surface area (Å²) in [7, 11) is 0. The van der Waals surface area contributed by atoms with Crippen molar-refractivity contribution in [2.24, 2.45) is 5.41 Å². The van der Waals surface area contributed by atoms with Crippen molar-refractivity contribution in [1.82, 2.24) is 0 Å². The van der Waals surface area contributed by atoms with Crippen molar-refractivity contribution in [3.8, 4) is 0 Å². The van der Waals surface area contributed by atoms with Crippen LogP contribution in [-0.4, -0.2) is 5.78 Å². The molecule has 80 valence electrons. The molecule has 0 amide bonds. The Morgan fingerprint density at radius 2 is 1.80 bits per heavy atom. The van der Waals surface area contributed by atoms with Gasteiger partial charge in [0, 0.05) is 5.41 Å². The molecule has 0 aliphatic rings. The zero-order chi connectivity index (χ0) is 11.5. The quantitative estimate of drug-likeness (QED) is 0.685. The number of hydrogen-bond donors (Lipinski definition) is 0. The minimum atomic E-state index is -0.325. The molecule has 0 saturated carbocycles. The van der Waals surface area contributed by atoms with Crippen molar-refractivity contribution >= 4 is 5.78 Å². The maximum atomic E-state index is 12.1. The summed E-state index contributed by atoms with van der Waals surface area (Å²) in [6, 6.07) is 9.78. The monoisotopic (exact) mass is 202 g/mol. The predicted octanol–water partition coefficient (Wildman–Crippen LogP) is 3.57. The first-order chi connectivity index (χ1) is 6.96. The number of allylic oxidation sites excluding steroid dienone is 1. The van der Waals surface area contributed by atoms with E-state index < -0.39 is 0 Å². The molecule has 0 spiro atoms. The van der Waals surface area contributed by atoms with Crippen LogP contribution >= 0.6 is 0 Å². The van der Waals surface area contributed by atoms with Gasteiger partial charge in [0.1, 0.15) is 5.78 Å². The molecule has 15 heavy (non-hydrogen) atoms. The van der Waals surface area contributed by atoms with Gasteiger partial charge in [-0.15, -0.1) is 6.58 Å². The Balaban J connectivity index is 3.01. The Bertz CT molecular complexity index is 343. The Morgan fingerprint density at radius 3 is 2.20 bits per heavy atom. The Hall–Kier alpha value is -1.37. The zero-order valence-electron chi connectivity index (χ0n) is 9.66. The molecule has 1 unspecified atom stereocenters. The molecule has 0 fully saturated rings. The molecule has 0 aromatic heterocycles. The first kappa shape index (κ1) is 11.7. The summed E-state index contributed by atoms with van der Waals surface area (Å²) in [5.41, 5.74) is 0.696. The van der Waals surface area contributed by atoms with Gasteiger partial charge < -0.3 is 0 Å². The molecule has 1 aromatic rings. The van der Waals surface area contributed by atoms with Crippen LogP contribution in [0, 0.1) is 5.41 Å². The average Bonchev–Trinajstić information content (AvgIpc) is 2.19. The van der Waals surface area contributed by atoms with E-state index in [9.17, 15) is 4.79 Å². The molecular weight excluding hydrogens is 184 g/mol. The van der Waals surface area contributed by atoms with Gasteiger partial charge in [0.15, 0.2) is 0 Å². The van der Waals surface area contributed by atoms with Crippen LogP contribution in [0.4, 0.5) is 0 Å². The van der Waals surface area contributed by atoms with Gasteiger partial charge in [-0.2, -0.15) is 0 Å². The van der Waals surface area contributed by atoms with Crippen LogP contribution in [0.3, 0.4) is 0 Å². The van der Waals surface area contributed by atoms with E-state index in [2.05, 4.69) is 6.58 Å². The van der Waals surface area contributed by atoms with Crippen LogP contribution in [-0.2, 0) is 4.79 Å². The van der Waals surface area contributed by atoms with Gasteiger partial charge in [0.05, 0.1) is 5.92 Å². The minimum Gasteiger partial charge on any atom is -0.298 e. The van der Waals surface area contributed by atoms with Gasteiger partial charge in [0.2, 0.25) is 0 Å². The van der Waals surface area contributed by atoms with Gasteiger partial charge >= 0.3 is 0 Å². The molecule has 1 rings (SSSR count). The summed E-state index contributed by atoms with van der Waals surface area (Å²) in [5.74, 6) is 0.0231. The fraction of sp³-hybridized carbons (Fsp3) is 0.357. The number of ketones is 1. The fourth-order valence-corrected chi connectivity index (χ4v) is 1.52. The number of rotatable bonds is 3. The smallest absolute Gasteiger partial charge is 0.149 e. The van der Waals surface area contributed by atoms with E-state index in [-0.39, 0.29) is 17.1 Å². The summed E-state index contributed by atoms with van der Waals surface area (Å²) in [5, 5.41) is 0. The van der Waals surface area contributed by atoms with Crippen LogP contribution in [0.1, 0.15) is 32.3 Å². The molecule has 0 bridgehead atoms. The van der Waals surface area contributed by atoms with Crippen molar-refractivity contribution < 1.29 is 4.79 Å². The first-order valence-corrected chi connectivity index (χ1v) is 5.18. The highest BCUT2D eigenvalue weighted by molar-refractivity contribution is 5.91. The van der Waals surface area contributed by atoms with Crippen LogP contribution in [0.2, 0.25) is 0 Å². The molecule has 1 atom stereocenters. The number of carbonyl (C=O) groups excluding carboxylic acids is 1. The molecule has 1 nitrogen and oxygen atoms in total. The number of benzene rings is 1. The third kappa shape index (κ3) is 2.79. The zero-order valence-corrected chi connectivity index (χ0v) is 9.66. The van der Waals surface area contributed by atoms with Crippen LogP contribution in [0.5, 0.6) is 0 Å². The van der Waals surface area contributed by atoms with Gasteiger partial charge in [-0.1, -0.05) is 57.2 Å². The maximum absolute atomic E-state index is 12.1. The standard InChI is InChI=1S/C14H18O/c1-5-12(13(15)14(2,3)4)11-9-7-6-8-10-11/h5-10,12H,1H2,2-4H3. The topological polar surface area (TPSA) is 17.1 Å². The fourth-order valence-electron chi connectivity index (χ4n) is 1.52. The molecule has 0 N–H and O–H groups in total. The molecule has 1 aromatic carbocycles. The van der Waals surface area contributed by atoms with Crippen molar-refractivity contribution in [2.75, 3.05) is 0 Å². The van der Waals surface area contributed by atoms with Crippen molar-refractivity contribution in [2.45, 2.75) is 26.7 Å². The van der Waals surface area contributed by atoms with Gasteiger partial charge in [-0.25, -0.2) is 0 Å². The third-order valence-corrected chi connectivity index (χ3v) is 2.42. The highest BCUT2D eigenvalue weighted by atomic mass is 16.1. The van der Waals surface area contributed by atoms with E-state index in [1.807, 2.05) is 51.1 Å². The molecule has 0 radical (unpaired) electrons. The lowest BCUT2D eigenvalue weighted by Gasteiger charge is -2.22. The lowest BCUT2D eigenvalue weighted by molar-refractivity contribution is -0.126. The van der Waals surface area contributed by atoms with Crippen molar-refractivity contribution in [3.63, 3.8) is 0 Å². The number of Topliss-reactive ketones (excluding diaryl/α,β-unsaturated/α-hetero) is 1. The summed E-state index contributed by atoms with van der Waals surface area (Å²) >= 11 is 0.